The topological polar surface area (TPSA) is 71.8 Å². The van der Waals surface area contributed by atoms with Crippen LogP contribution < -0.4 is 9.46 Å². The van der Waals surface area contributed by atoms with Gasteiger partial charge in [0.1, 0.15) is 11.5 Å². The molecule has 0 spiro atoms. The molecule has 0 amide bonds. The molecule has 0 aliphatic rings. The summed E-state index contributed by atoms with van der Waals surface area (Å²) < 4.78 is 37.9. The SMILES string of the molecule is COc1ccsc1S(=O)(=O)NCC(c1ccco1)N(C)C. The summed E-state index contributed by atoms with van der Waals surface area (Å²) in [7, 11) is 1.58. The van der Waals surface area contributed by atoms with E-state index in [1.807, 2.05) is 25.1 Å². The number of rotatable bonds is 7. The van der Waals surface area contributed by atoms with E-state index in [9.17, 15) is 8.42 Å². The van der Waals surface area contributed by atoms with E-state index in [-0.39, 0.29) is 16.8 Å². The molecule has 2 heterocycles. The molecular formula is C13H18N2O4S2. The zero-order chi connectivity index (χ0) is 15.5. The number of furan rings is 1. The second-order valence-corrected chi connectivity index (χ2v) is 7.50. The van der Waals surface area contributed by atoms with Gasteiger partial charge in [-0.2, -0.15) is 0 Å². The van der Waals surface area contributed by atoms with Gasteiger partial charge in [-0.3, -0.25) is 4.90 Å². The van der Waals surface area contributed by atoms with E-state index in [4.69, 9.17) is 9.15 Å². The summed E-state index contributed by atoms with van der Waals surface area (Å²) >= 11 is 1.13. The zero-order valence-electron chi connectivity index (χ0n) is 12.1. The molecule has 0 aromatic carbocycles. The van der Waals surface area contributed by atoms with E-state index in [0.29, 0.717) is 11.5 Å². The standard InChI is InChI=1S/C13H18N2O4S2/c1-15(2)10(11-5-4-7-19-11)9-14-21(16,17)13-12(18-3)6-8-20-13/h4-8,10,14H,9H2,1-3H3. The maximum absolute atomic E-state index is 12.3. The van der Waals surface area contributed by atoms with Gasteiger partial charge >= 0.3 is 0 Å². The zero-order valence-corrected chi connectivity index (χ0v) is 13.7. The number of sulfonamides is 1. The number of thiophene rings is 1. The Hall–Kier alpha value is -1.35. The van der Waals surface area contributed by atoms with E-state index in [0.717, 1.165) is 11.3 Å². The minimum atomic E-state index is -3.60. The van der Waals surface area contributed by atoms with Gasteiger partial charge in [0, 0.05) is 6.54 Å². The third-order valence-electron chi connectivity index (χ3n) is 3.02. The van der Waals surface area contributed by atoms with Crippen LogP contribution in [0, 0.1) is 0 Å². The molecule has 0 saturated carbocycles. The van der Waals surface area contributed by atoms with E-state index in [1.54, 1.807) is 23.8 Å². The Morgan fingerprint density at radius 2 is 2.19 bits per heavy atom. The van der Waals surface area contributed by atoms with Gasteiger partial charge in [0.05, 0.1) is 19.4 Å². The summed E-state index contributed by atoms with van der Waals surface area (Å²) in [6, 6.07) is 5.06. The number of methoxy groups -OCH3 is 1. The fraction of sp³-hybridized carbons (Fsp3) is 0.385. The normalized spacial score (nSPS) is 13.5. The smallest absolute Gasteiger partial charge is 0.253 e. The molecule has 21 heavy (non-hydrogen) atoms. The second kappa shape index (κ2) is 6.61. The van der Waals surface area contributed by atoms with Gasteiger partial charge in [0.25, 0.3) is 10.0 Å². The molecule has 8 heteroatoms. The summed E-state index contributed by atoms with van der Waals surface area (Å²) in [5.74, 6) is 1.06. The predicted molar refractivity (Wildman–Crippen MR) is 81.2 cm³/mol. The van der Waals surface area contributed by atoms with Crippen molar-refractivity contribution in [2.45, 2.75) is 10.3 Å². The quantitative estimate of drug-likeness (QED) is 0.840. The molecule has 1 N–H and O–H groups in total. The van der Waals surface area contributed by atoms with Crippen LogP contribution in [0.4, 0.5) is 0 Å². The van der Waals surface area contributed by atoms with Crippen molar-refractivity contribution in [1.29, 1.82) is 0 Å². The van der Waals surface area contributed by atoms with Crippen LogP contribution in [0.1, 0.15) is 11.8 Å². The molecule has 2 rings (SSSR count). The fourth-order valence-electron chi connectivity index (χ4n) is 1.90. The molecule has 116 valence electrons. The Kier molecular flexibility index (Phi) is 5.04. The Morgan fingerprint density at radius 3 is 2.76 bits per heavy atom. The van der Waals surface area contributed by atoms with Crippen LogP contribution in [0.5, 0.6) is 5.75 Å². The summed E-state index contributed by atoms with van der Waals surface area (Å²) in [4.78, 5) is 1.90. The van der Waals surface area contributed by atoms with Crippen LogP contribution in [0.25, 0.3) is 0 Å². The Balaban J connectivity index is 2.14. The molecule has 1 unspecified atom stereocenters. The molecule has 0 aliphatic heterocycles. The highest BCUT2D eigenvalue weighted by Crippen LogP contribution is 2.29. The summed E-state index contributed by atoms with van der Waals surface area (Å²) in [5, 5.41) is 1.68. The summed E-state index contributed by atoms with van der Waals surface area (Å²) in [6.07, 6.45) is 1.57. The minimum absolute atomic E-state index is 0.180. The highest BCUT2D eigenvalue weighted by Gasteiger charge is 2.24. The van der Waals surface area contributed by atoms with Crippen molar-refractivity contribution >= 4 is 21.4 Å². The van der Waals surface area contributed by atoms with Crippen molar-refractivity contribution in [1.82, 2.24) is 9.62 Å². The van der Waals surface area contributed by atoms with E-state index in [1.165, 1.54) is 7.11 Å². The number of nitrogens with zero attached hydrogens (tertiary/aromatic N) is 1. The van der Waals surface area contributed by atoms with Crippen molar-refractivity contribution in [2.24, 2.45) is 0 Å². The third kappa shape index (κ3) is 3.65. The molecule has 0 fully saturated rings. The first kappa shape index (κ1) is 16.0. The lowest BCUT2D eigenvalue weighted by Crippen LogP contribution is -2.34. The molecule has 2 aromatic rings. The van der Waals surface area contributed by atoms with Gasteiger partial charge in [0.15, 0.2) is 4.21 Å². The maximum atomic E-state index is 12.3. The number of nitrogens with one attached hydrogen (secondary N) is 1. The number of hydrogen-bond acceptors (Lipinski definition) is 6. The van der Waals surface area contributed by atoms with Crippen molar-refractivity contribution in [3.05, 3.63) is 35.6 Å². The van der Waals surface area contributed by atoms with Gasteiger partial charge in [-0.15, -0.1) is 11.3 Å². The van der Waals surface area contributed by atoms with Crippen molar-refractivity contribution in [3.63, 3.8) is 0 Å². The lowest BCUT2D eigenvalue weighted by molar-refractivity contribution is 0.259. The minimum Gasteiger partial charge on any atom is -0.494 e. The van der Waals surface area contributed by atoms with Gasteiger partial charge < -0.3 is 9.15 Å². The summed E-state index contributed by atoms with van der Waals surface area (Å²) in [5.41, 5.74) is 0. The lowest BCUT2D eigenvalue weighted by atomic mass is 10.2. The Morgan fingerprint density at radius 1 is 1.43 bits per heavy atom. The van der Waals surface area contributed by atoms with Crippen molar-refractivity contribution in [2.75, 3.05) is 27.7 Å². The largest absolute Gasteiger partial charge is 0.494 e. The van der Waals surface area contributed by atoms with Gasteiger partial charge in [-0.05, 0) is 37.7 Å². The van der Waals surface area contributed by atoms with E-state index >= 15 is 0 Å². The molecular weight excluding hydrogens is 312 g/mol. The Labute approximate surface area is 128 Å². The van der Waals surface area contributed by atoms with E-state index < -0.39 is 10.0 Å². The van der Waals surface area contributed by atoms with Gasteiger partial charge in [-0.1, -0.05) is 0 Å². The monoisotopic (exact) mass is 330 g/mol. The maximum Gasteiger partial charge on any atom is 0.253 e. The molecule has 0 aliphatic carbocycles. The first-order valence-electron chi connectivity index (χ1n) is 6.26. The third-order valence-corrected chi connectivity index (χ3v) is 5.89. The highest BCUT2D eigenvalue weighted by atomic mass is 32.2. The van der Waals surface area contributed by atoms with Crippen LogP contribution in [0.15, 0.2) is 38.5 Å². The second-order valence-electron chi connectivity index (χ2n) is 4.62. The Bertz CT molecular complexity index is 662. The van der Waals surface area contributed by atoms with Crippen LogP contribution in [0.2, 0.25) is 0 Å². The molecule has 0 radical (unpaired) electrons. The van der Waals surface area contributed by atoms with Crippen LogP contribution >= 0.6 is 11.3 Å². The van der Waals surface area contributed by atoms with Gasteiger partial charge in [-0.25, -0.2) is 13.1 Å². The number of likely N-dealkylation sites (N-methyl/N-ethyl adjacent to an activating group) is 1. The van der Waals surface area contributed by atoms with Crippen LogP contribution in [-0.4, -0.2) is 41.1 Å². The number of hydrogen-bond donors (Lipinski definition) is 1. The fourth-order valence-corrected chi connectivity index (χ4v) is 4.26. The molecule has 0 saturated heterocycles. The molecule has 0 bridgehead atoms. The first-order chi connectivity index (χ1) is 9.95. The lowest BCUT2D eigenvalue weighted by Gasteiger charge is -2.22. The van der Waals surface area contributed by atoms with E-state index in [2.05, 4.69) is 4.72 Å². The molecule has 2 aromatic heterocycles. The predicted octanol–water partition coefficient (Wildman–Crippen LogP) is 1.93. The summed E-state index contributed by atoms with van der Waals surface area (Å²) in [6.45, 7) is 0.212. The molecule has 6 nitrogen and oxygen atoms in total. The highest BCUT2D eigenvalue weighted by molar-refractivity contribution is 7.91. The van der Waals surface area contributed by atoms with Crippen LogP contribution in [0.3, 0.4) is 0 Å². The van der Waals surface area contributed by atoms with Crippen molar-refractivity contribution < 1.29 is 17.6 Å². The average Bonchev–Trinajstić information content (AvgIpc) is 3.09. The van der Waals surface area contributed by atoms with Crippen LogP contribution in [-0.2, 0) is 10.0 Å². The van der Waals surface area contributed by atoms with Gasteiger partial charge in [0.2, 0.25) is 0 Å². The first-order valence-corrected chi connectivity index (χ1v) is 8.63. The average molecular weight is 330 g/mol. The van der Waals surface area contributed by atoms with Crippen molar-refractivity contribution in [3.8, 4) is 5.75 Å². The number of ether oxygens (including phenoxy) is 1. The molecule has 1 atom stereocenters.